The number of ether oxygens (including phenoxy) is 1. The standard InChI is InChI=1S/C16H19ClN2O/c1-10-5-7-15(20-4)13(9-10)11(2)18-14-6-8-16(17)19-12(14)3/h5-9,11,18H,1-4H3. The van der Waals surface area contributed by atoms with E-state index in [2.05, 4.69) is 30.2 Å². The summed E-state index contributed by atoms with van der Waals surface area (Å²) >= 11 is 5.88. The van der Waals surface area contributed by atoms with Gasteiger partial charge in [-0.1, -0.05) is 29.3 Å². The van der Waals surface area contributed by atoms with Crippen molar-refractivity contribution in [2.45, 2.75) is 26.8 Å². The van der Waals surface area contributed by atoms with E-state index in [-0.39, 0.29) is 6.04 Å². The molecule has 2 aromatic rings. The molecule has 0 bridgehead atoms. The molecule has 20 heavy (non-hydrogen) atoms. The summed E-state index contributed by atoms with van der Waals surface area (Å²) in [6, 6.07) is 10.0. The first-order valence-corrected chi connectivity index (χ1v) is 6.93. The van der Waals surface area contributed by atoms with Crippen molar-refractivity contribution < 1.29 is 4.74 Å². The lowest BCUT2D eigenvalue weighted by Gasteiger charge is -2.20. The monoisotopic (exact) mass is 290 g/mol. The number of pyridine rings is 1. The summed E-state index contributed by atoms with van der Waals surface area (Å²) in [4.78, 5) is 4.25. The maximum Gasteiger partial charge on any atom is 0.129 e. The van der Waals surface area contributed by atoms with Gasteiger partial charge in [0.2, 0.25) is 0 Å². The third-order valence-corrected chi connectivity index (χ3v) is 3.49. The largest absolute Gasteiger partial charge is 0.496 e. The second-order valence-electron chi connectivity index (χ2n) is 4.88. The van der Waals surface area contributed by atoms with Crippen LogP contribution in [0, 0.1) is 13.8 Å². The highest BCUT2D eigenvalue weighted by molar-refractivity contribution is 6.29. The molecule has 1 aromatic heterocycles. The minimum absolute atomic E-state index is 0.117. The number of aromatic nitrogens is 1. The molecular formula is C16H19ClN2O. The highest BCUT2D eigenvalue weighted by atomic mass is 35.5. The molecule has 0 aliphatic heterocycles. The average molecular weight is 291 g/mol. The van der Waals surface area contributed by atoms with Crippen LogP contribution in [0.1, 0.15) is 29.8 Å². The normalized spacial score (nSPS) is 12.1. The Morgan fingerprint density at radius 1 is 1.20 bits per heavy atom. The topological polar surface area (TPSA) is 34.1 Å². The van der Waals surface area contributed by atoms with Crippen molar-refractivity contribution in [1.82, 2.24) is 4.98 Å². The van der Waals surface area contributed by atoms with Crippen molar-refractivity contribution >= 4 is 17.3 Å². The Bertz CT molecular complexity index is 613. The lowest BCUT2D eigenvalue weighted by atomic mass is 10.0. The van der Waals surface area contributed by atoms with Gasteiger partial charge in [0.05, 0.1) is 24.5 Å². The smallest absolute Gasteiger partial charge is 0.129 e. The van der Waals surface area contributed by atoms with Gasteiger partial charge in [-0.2, -0.15) is 0 Å². The summed E-state index contributed by atoms with van der Waals surface area (Å²) in [6.45, 7) is 6.12. The fourth-order valence-electron chi connectivity index (χ4n) is 2.19. The predicted molar refractivity (Wildman–Crippen MR) is 83.8 cm³/mol. The molecule has 0 amide bonds. The average Bonchev–Trinajstić information content (AvgIpc) is 2.41. The summed E-state index contributed by atoms with van der Waals surface area (Å²) in [7, 11) is 1.69. The fourth-order valence-corrected chi connectivity index (χ4v) is 2.38. The van der Waals surface area contributed by atoms with Gasteiger partial charge in [0, 0.05) is 5.56 Å². The van der Waals surface area contributed by atoms with Crippen LogP contribution in [0.15, 0.2) is 30.3 Å². The zero-order valence-electron chi connectivity index (χ0n) is 12.2. The van der Waals surface area contributed by atoms with E-state index in [1.54, 1.807) is 13.2 Å². The van der Waals surface area contributed by atoms with E-state index in [1.165, 1.54) is 5.56 Å². The Morgan fingerprint density at radius 2 is 1.95 bits per heavy atom. The molecule has 3 nitrogen and oxygen atoms in total. The van der Waals surface area contributed by atoms with Gasteiger partial charge in [-0.15, -0.1) is 0 Å². The van der Waals surface area contributed by atoms with Gasteiger partial charge < -0.3 is 10.1 Å². The summed E-state index contributed by atoms with van der Waals surface area (Å²) in [5.74, 6) is 0.884. The number of nitrogens with zero attached hydrogens (tertiary/aromatic N) is 1. The molecule has 0 fully saturated rings. The third kappa shape index (κ3) is 3.23. The van der Waals surface area contributed by atoms with Crippen molar-refractivity contribution in [2.75, 3.05) is 12.4 Å². The van der Waals surface area contributed by atoms with Gasteiger partial charge in [0.15, 0.2) is 0 Å². The van der Waals surface area contributed by atoms with Crippen molar-refractivity contribution in [2.24, 2.45) is 0 Å². The van der Waals surface area contributed by atoms with Gasteiger partial charge in [-0.3, -0.25) is 0 Å². The van der Waals surface area contributed by atoms with Crippen molar-refractivity contribution in [1.29, 1.82) is 0 Å². The van der Waals surface area contributed by atoms with E-state index in [1.807, 2.05) is 25.1 Å². The van der Waals surface area contributed by atoms with Gasteiger partial charge in [0.1, 0.15) is 10.9 Å². The summed E-state index contributed by atoms with van der Waals surface area (Å²) in [5.41, 5.74) is 4.20. The first-order chi connectivity index (χ1) is 9.51. The molecule has 0 saturated heterocycles. The molecule has 0 spiro atoms. The maximum atomic E-state index is 5.88. The van der Waals surface area contributed by atoms with Crippen molar-refractivity contribution in [3.05, 3.63) is 52.3 Å². The van der Waals surface area contributed by atoms with E-state index in [0.29, 0.717) is 5.15 Å². The van der Waals surface area contributed by atoms with E-state index in [4.69, 9.17) is 16.3 Å². The first-order valence-electron chi connectivity index (χ1n) is 6.55. The Labute approximate surface area is 124 Å². The zero-order valence-corrected chi connectivity index (χ0v) is 13.0. The second-order valence-corrected chi connectivity index (χ2v) is 5.27. The van der Waals surface area contributed by atoms with Crippen LogP contribution in [0.4, 0.5) is 5.69 Å². The maximum absolute atomic E-state index is 5.88. The highest BCUT2D eigenvalue weighted by Gasteiger charge is 2.13. The molecule has 1 unspecified atom stereocenters. The molecule has 4 heteroatoms. The van der Waals surface area contributed by atoms with Gasteiger partial charge in [-0.05, 0) is 39.0 Å². The Kier molecular flexibility index (Phi) is 4.50. The number of aryl methyl sites for hydroxylation is 2. The van der Waals surface area contributed by atoms with Crippen LogP contribution in [0.3, 0.4) is 0 Å². The number of methoxy groups -OCH3 is 1. The highest BCUT2D eigenvalue weighted by Crippen LogP contribution is 2.29. The molecular weight excluding hydrogens is 272 g/mol. The Hall–Kier alpha value is -1.74. The quantitative estimate of drug-likeness (QED) is 0.840. The predicted octanol–water partition coefficient (Wildman–Crippen LogP) is 4.53. The van der Waals surface area contributed by atoms with E-state index < -0.39 is 0 Å². The SMILES string of the molecule is COc1ccc(C)cc1C(C)Nc1ccc(Cl)nc1C. The molecule has 1 aromatic carbocycles. The lowest BCUT2D eigenvalue weighted by molar-refractivity contribution is 0.408. The number of rotatable bonds is 4. The first kappa shape index (κ1) is 14.7. The minimum atomic E-state index is 0.117. The minimum Gasteiger partial charge on any atom is -0.496 e. The van der Waals surface area contributed by atoms with Gasteiger partial charge in [0.25, 0.3) is 0 Å². The zero-order chi connectivity index (χ0) is 14.7. The Morgan fingerprint density at radius 3 is 2.60 bits per heavy atom. The van der Waals surface area contributed by atoms with Crippen LogP contribution in [-0.2, 0) is 0 Å². The number of hydrogen-bond donors (Lipinski definition) is 1. The van der Waals surface area contributed by atoms with Gasteiger partial charge >= 0.3 is 0 Å². The van der Waals surface area contributed by atoms with Crippen LogP contribution in [0.25, 0.3) is 0 Å². The van der Waals surface area contributed by atoms with E-state index in [9.17, 15) is 0 Å². The number of nitrogens with one attached hydrogen (secondary N) is 1. The second kappa shape index (κ2) is 6.14. The molecule has 0 aliphatic rings. The number of hydrogen-bond acceptors (Lipinski definition) is 3. The van der Waals surface area contributed by atoms with Crippen LogP contribution in [0.2, 0.25) is 5.15 Å². The molecule has 1 atom stereocenters. The van der Waals surface area contributed by atoms with E-state index in [0.717, 1.165) is 22.7 Å². The van der Waals surface area contributed by atoms with Crippen LogP contribution < -0.4 is 10.1 Å². The van der Waals surface area contributed by atoms with Crippen molar-refractivity contribution in [3.63, 3.8) is 0 Å². The molecule has 0 radical (unpaired) electrons. The number of halogens is 1. The molecule has 106 valence electrons. The summed E-state index contributed by atoms with van der Waals surface area (Å²) in [5, 5.41) is 3.96. The van der Waals surface area contributed by atoms with Gasteiger partial charge in [-0.25, -0.2) is 4.98 Å². The molecule has 1 N–H and O–H groups in total. The summed E-state index contributed by atoms with van der Waals surface area (Å²) in [6.07, 6.45) is 0. The van der Waals surface area contributed by atoms with E-state index >= 15 is 0 Å². The van der Waals surface area contributed by atoms with Crippen molar-refractivity contribution in [3.8, 4) is 5.75 Å². The van der Waals surface area contributed by atoms with Crippen LogP contribution in [-0.4, -0.2) is 12.1 Å². The molecule has 2 rings (SSSR count). The fraction of sp³-hybridized carbons (Fsp3) is 0.312. The number of benzene rings is 1. The molecule has 1 heterocycles. The molecule has 0 saturated carbocycles. The number of anilines is 1. The van der Waals surface area contributed by atoms with Crippen LogP contribution >= 0.6 is 11.6 Å². The lowest BCUT2D eigenvalue weighted by Crippen LogP contribution is -2.10. The Balaban J connectivity index is 2.27. The molecule has 0 aliphatic carbocycles. The third-order valence-electron chi connectivity index (χ3n) is 3.28. The van der Waals surface area contributed by atoms with Crippen LogP contribution in [0.5, 0.6) is 5.75 Å². The summed E-state index contributed by atoms with van der Waals surface area (Å²) < 4.78 is 5.43.